The van der Waals surface area contributed by atoms with E-state index < -0.39 is 5.60 Å². The van der Waals surface area contributed by atoms with E-state index >= 15 is 0 Å². The van der Waals surface area contributed by atoms with E-state index in [4.69, 9.17) is 15.9 Å². The van der Waals surface area contributed by atoms with E-state index in [1.807, 2.05) is 20.8 Å². The first kappa shape index (κ1) is 15.8. The van der Waals surface area contributed by atoms with Gasteiger partial charge in [-0.3, -0.25) is 0 Å². The van der Waals surface area contributed by atoms with Gasteiger partial charge in [-0.1, -0.05) is 5.92 Å². The van der Waals surface area contributed by atoms with Crippen LogP contribution in [0.3, 0.4) is 0 Å². The monoisotopic (exact) mass is 267 g/mol. The van der Waals surface area contributed by atoms with E-state index in [0.717, 1.165) is 32.3 Å². The lowest BCUT2D eigenvalue weighted by Crippen LogP contribution is -2.41. The molecule has 0 bridgehead atoms. The molecule has 0 heterocycles. The molecule has 0 unspecified atom stereocenters. The maximum atomic E-state index is 11.6. The molecule has 0 radical (unpaired) electrons. The molecular weight excluding hydrogens is 242 g/mol. The SMILES string of the molecule is C#CCOCC1CCC(NC(=O)OC(C)(C)C)CC1. The van der Waals surface area contributed by atoms with Crippen molar-refractivity contribution in [3.8, 4) is 12.3 Å². The Morgan fingerprint density at radius 3 is 2.47 bits per heavy atom. The van der Waals surface area contributed by atoms with Crippen LogP contribution in [-0.2, 0) is 9.47 Å². The number of ether oxygens (including phenoxy) is 2. The van der Waals surface area contributed by atoms with Gasteiger partial charge in [0.2, 0.25) is 0 Å². The molecule has 0 saturated heterocycles. The fraction of sp³-hybridized carbons (Fsp3) is 0.800. The molecule has 1 aliphatic carbocycles. The summed E-state index contributed by atoms with van der Waals surface area (Å²) in [7, 11) is 0. The molecule has 4 nitrogen and oxygen atoms in total. The first-order valence-electron chi connectivity index (χ1n) is 6.91. The fourth-order valence-corrected chi connectivity index (χ4v) is 2.23. The van der Waals surface area contributed by atoms with E-state index in [2.05, 4.69) is 11.2 Å². The van der Waals surface area contributed by atoms with Gasteiger partial charge in [0.05, 0.1) is 6.61 Å². The van der Waals surface area contributed by atoms with Crippen molar-refractivity contribution in [3.05, 3.63) is 0 Å². The van der Waals surface area contributed by atoms with Crippen LogP contribution in [0.25, 0.3) is 0 Å². The molecule has 19 heavy (non-hydrogen) atoms. The Morgan fingerprint density at radius 2 is 1.95 bits per heavy atom. The van der Waals surface area contributed by atoms with Gasteiger partial charge in [0, 0.05) is 6.04 Å². The predicted molar refractivity (Wildman–Crippen MR) is 74.8 cm³/mol. The lowest BCUT2D eigenvalue weighted by Gasteiger charge is -2.29. The lowest BCUT2D eigenvalue weighted by atomic mass is 9.86. The second kappa shape index (κ2) is 7.40. The average molecular weight is 267 g/mol. The number of hydrogen-bond acceptors (Lipinski definition) is 3. The van der Waals surface area contributed by atoms with Crippen molar-refractivity contribution in [1.82, 2.24) is 5.32 Å². The minimum absolute atomic E-state index is 0.221. The van der Waals surface area contributed by atoms with Crippen LogP contribution < -0.4 is 5.32 Å². The summed E-state index contributed by atoms with van der Waals surface area (Å²) in [6, 6.07) is 0.221. The summed E-state index contributed by atoms with van der Waals surface area (Å²) in [5, 5.41) is 2.93. The molecule has 1 aliphatic rings. The first-order chi connectivity index (χ1) is 8.90. The lowest BCUT2D eigenvalue weighted by molar-refractivity contribution is 0.0472. The molecule has 1 N–H and O–H groups in total. The highest BCUT2D eigenvalue weighted by Crippen LogP contribution is 2.24. The van der Waals surface area contributed by atoms with Crippen LogP contribution in [0.1, 0.15) is 46.5 Å². The molecule has 0 spiro atoms. The number of terminal acetylenes is 1. The largest absolute Gasteiger partial charge is 0.444 e. The van der Waals surface area contributed by atoms with Crippen LogP contribution in [0.5, 0.6) is 0 Å². The van der Waals surface area contributed by atoms with Gasteiger partial charge in [0.25, 0.3) is 0 Å². The molecule has 1 rings (SSSR count). The Balaban J connectivity index is 2.20. The zero-order valence-electron chi connectivity index (χ0n) is 12.2. The molecule has 0 atom stereocenters. The smallest absolute Gasteiger partial charge is 0.407 e. The summed E-state index contributed by atoms with van der Waals surface area (Å²) < 4.78 is 10.6. The Bertz CT molecular complexity index is 319. The molecule has 1 saturated carbocycles. The summed E-state index contributed by atoms with van der Waals surface area (Å²) in [6.07, 6.45) is 8.89. The second-order valence-corrected chi connectivity index (χ2v) is 6.08. The Labute approximate surface area is 116 Å². The number of amides is 1. The van der Waals surface area contributed by atoms with E-state index in [1.165, 1.54) is 0 Å². The van der Waals surface area contributed by atoms with Gasteiger partial charge in [-0.25, -0.2) is 4.79 Å². The number of carbonyl (C=O) groups is 1. The standard InChI is InChI=1S/C15H25NO3/c1-5-10-18-11-12-6-8-13(9-7-12)16-14(17)19-15(2,3)4/h1,12-13H,6-11H2,2-4H3,(H,16,17). The molecule has 108 valence electrons. The van der Waals surface area contributed by atoms with Gasteiger partial charge >= 0.3 is 6.09 Å². The highest BCUT2D eigenvalue weighted by Gasteiger charge is 2.24. The highest BCUT2D eigenvalue weighted by atomic mass is 16.6. The van der Waals surface area contributed by atoms with Crippen LogP contribution in [0.2, 0.25) is 0 Å². The van der Waals surface area contributed by atoms with Crippen LogP contribution in [0.15, 0.2) is 0 Å². The van der Waals surface area contributed by atoms with Crippen molar-refractivity contribution >= 4 is 6.09 Å². The minimum atomic E-state index is -0.440. The Morgan fingerprint density at radius 1 is 1.32 bits per heavy atom. The van der Waals surface area contributed by atoms with Crippen molar-refractivity contribution in [3.63, 3.8) is 0 Å². The van der Waals surface area contributed by atoms with Crippen molar-refractivity contribution in [1.29, 1.82) is 0 Å². The normalized spacial score (nSPS) is 23.5. The molecule has 0 aromatic carbocycles. The van der Waals surface area contributed by atoms with Gasteiger partial charge in [-0.2, -0.15) is 0 Å². The van der Waals surface area contributed by atoms with Crippen molar-refractivity contribution in [2.45, 2.75) is 58.1 Å². The fourth-order valence-electron chi connectivity index (χ4n) is 2.23. The van der Waals surface area contributed by atoms with Gasteiger partial charge in [0.15, 0.2) is 0 Å². The summed E-state index contributed by atoms with van der Waals surface area (Å²) in [4.78, 5) is 11.6. The number of rotatable bonds is 4. The first-order valence-corrected chi connectivity index (χ1v) is 6.91. The zero-order valence-corrected chi connectivity index (χ0v) is 12.2. The zero-order chi connectivity index (χ0) is 14.3. The summed E-state index contributed by atoms with van der Waals surface area (Å²) in [5.41, 5.74) is -0.440. The minimum Gasteiger partial charge on any atom is -0.444 e. The third-order valence-electron chi connectivity index (χ3n) is 3.11. The molecule has 4 heteroatoms. The van der Waals surface area contributed by atoms with Gasteiger partial charge in [0.1, 0.15) is 12.2 Å². The van der Waals surface area contributed by atoms with E-state index in [1.54, 1.807) is 0 Å². The summed E-state index contributed by atoms with van der Waals surface area (Å²) in [6.45, 7) is 6.71. The number of nitrogens with one attached hydrogen (secondary N) is 1. The maximum absolute atomic E-state index is 11.6. The van der Waals surface area contributed by atoms with Gasteiger partial charge in [-0.05, 0) is 52.4 Å². The van der Waals surface area contributed by atoms with Crippen LogP contribution in [0, 0.1) is 18.3 Å². The van der Waals surface area contributed by atoms with Crippen molar-refractivity contribution < 1.29 is 14.3 Å². The molecule has 0 aliphatic heterocycles. The topological polar surface area (TPSA) is 47.6 Å². The van der Waals surface area contributed by atoms with Crippen LogP contribution >= 0.6 is 0 Å². The Kier molecular flexibility index (Phi) is 6.17. The third kappa shape index (κ3) is 7.07. The molecule has 1 fully saturated rings. The molecule has 0 aromatic rings. The predicted octanol–water partition coefficient (Wildman–Crippen LogP) is 2.72. The van der Waals surface area contributed by atoms with Crippen LogP contribution in [0.4, 0.5) is 4.79 Å². The Hall–Kier alpha value is -1.21. The number of carbonyl (C=O) groups excluding carboxylic acids is 1. The quantitative estimate of drug-likeness (QED) is 0.629. The average Bonchev–Trinajstić information content (AvgIpc) is 2.29. The number of hydrogen-bond donors (Lipinski definition) is 1. The third-order valence-corrected chi connectivity index (χ3v) is 3.11. The van der Waals surface area contributed by atoms with E-state index in [9.17, 15) is 4.79 Å². The van der Waals surface area contributed by atoms with Gasteiger partial charge < -0.3 is 14.8 Å². The van der Waals surface area contributed by atoms with Crippen molar-refractivity contribution in [2.24, 2.45) is 5.92 Å². The van der Waals surface area contributed by atoms with E-state index in [0.29, 0.717) is 12.5 Å². The number of alkyl carbamates (subject to hydrolysis) is 1. The molecular formula is C15H25NO3. The molecule has 0 aromatic heterocycles. The highest BCUT2D eigenvalue weighted by molar-refractivity contribution is 5.68. The summed E-state index contributed by atoms with van der Waals surface area (Å²) in [5.74, 6) is 3.03. The maximum Gasteiger partial charge on any atom is 0.407 e. The summed E-state index contributed by atoms with van der Waals surface area (Å²) >= 11 is 0. The van der Waals surface area contributed by atoms with Crippen LogP contribution in [-0.4, -0.2) is 30.9 Å². The van der Waals surface area contributed by atoms with Crippen molar-refractivity contribution in [2.75, 3.05) is 13.2 Å². The van der Waals surface area contributed by atoms with Gasteiger partial charge in [-0.15, -0.1) is 6.42 Å². The van der Waals surface area contributed by atoms with E-state index in [-0.39, 0.29) is 12.1 Å². The molecule has 1 amide bonds. The second-order valence-electron chi connectivity index (χ2n) is 6.08.